The zero-order chi connectivity index (χ0) is 32.2. The van der Waals surface area contributed by atoms with Crippen LogP contribution in [0.3, 0.4) is 0 Å². The van der Waals surface area contributed by atoms with Gasteiger partial charge in [-0.25, -0.2) is 4.98 Å². The van der Waals surface area contributed by atoms with Crippen LogP contribution in [0.15, 0.2) is 128 Å². The van der Waals surface area contributed by atoms with Crippen molar-refractivity contribution in [2.75, 3.05) is 4.90 Å². The summed E-state index contributed by atoms with van der Waals surface area (Å²) in [6.07, 6.45) is 12.9. The van der Waals surface area contributed by atoms with Crippen LogP contribution in [0.5, 0.6) is 11.5 Å². The van der Waals surface area contributed by atoms with Gasteiger partial charge in [0.05, 0.1) is 16.7 Å². The predicted octanol–water partition coefficient (Wildman–Crippen LogP) is 10.5. The highest BCUT2D eigenvalue weighted by Gasteiger charge is 2.33. The molecular formula is C42H38N4O. The number of fused-ring (bicyclic) bond motifs is 4. The molecule has 4 aromatic carbocycles. The Labute approximate surface area is 276 Å². The van der Waals surface area contributed by atoms with E-state index in [4.69, 9.17) is 9.72 Å². The van der Waals surface area contributed by atoms with Crippen LogP contribution in [-0.2, 0) is 0 Å². The first-order valence-corrected chi connectivity index (χ1v) is 16.3. The predicted molar refractivity (Wildman–Crippen MR) is 194 cm³/mol. The van der Waals surface area contributed by atoms with Crippen molar-refractivity contribution in [3.05, 3.63) is 156 Å². The molecule has 8 rings (SSSR count). The first-order valence-electron chi connectivity index (χ1n) is 16.3. The third kappa shape index (κ3) is 4.99. The molecule has 232 valence electrons. The number of para-hydroxylation sites is 1. The largest absolute Gasteiger partial charge is 0.457 e. The minimum absolute atomic E-state index is 0.0758. The molecule has 0 aliphatic carbocycles. The average molecular weight is 615 g/mol. The Morgan fingerprint density at radius 1 is 0.723 bits per heavy atom. The van der Waals surface area contributed by atoms with E-state index in [1.165, 1.54) is 38.7 Å². The summed E-state index contributed by atoms with van der Waals surface area (Å²) in [5.74, 6) is 2.90. The van der Waals surface area contributed by atoms with Crippen LogP contribution in [0, 0.1) is 20.8 Å². The van der Waals surface area contributed by atoms with E-state index in [0.717, 1.165) is 39.6 Å². The molecule has 5 heteroatoms. The summed E-state index contributed by atoms with van der Waals surface area (Å²) in [6.45, 7) is 11.0. The third-order valence-electron chi connectivity index (χ3n) is 9.32. The van der Waals surface area contributed by atoms with Gasteiger partial charge in [-0.1, -0.05) is 68.0 Å². The Morgan fingerprint density at radius 2 is 1.51 bits per heavy atom. The number of anilines is 1. The standard InChI is InChI=1S/C42H38N4O/c1-27(2)31-18-19-43-40(24-31)46-37-14-7-6-13-35(37)36-17-16-34(25-38(36)46)47-33-12-10-11-32(23-33)39-26-45(41-15-8-9-20-44(39)41)42-29(4)21-28(3)22-30(42)5/h6-27,41H,1-5H3. The normalized spacial score (nSPS) is 15.6. The summed E-state index contributed by atoms with van der Waals surface area (Å²) in [4.78, 5) is 9.53. The number of nitrogens with zero attached hydrogens (tertiary/aromatic N) is 4. The summed E-state index contributed by atoms with van der Waals surface area (Å²) in [5.41, 5.74) is 10.8. The lowest BCUT2D eigenvalue weighted by Gasteiger charge is -2.33. The van der Waals surface area contributed by atoms with Crippen molar-refractivity contribution in [2.45, 2.75) is 46.7 Å². The highest BCUT2D eigenvalue weighted by Crippen LogP contribution is 2.41. The molecule has 2 aromatic heterocycles. The summed E-state index contributed by atoms with van der Waals surface area (Å²) in [5, 5.41) is 2.37. The number of pyridine rings is 1. The van der Waals surface area contributed by atoms with Crippen LogP contribution in [0.4, 0.5) is 5.69 Å². The van der Waals surface area contributed by atoms with E-state index in [0.29, 0.717) is 5.92 Å². The minimum atomic E-state index is 0.0758. The van der Waals surface area contributed by atoms with Crippen molar-refractivity contribution >= 4 is 33.2 Å². The maximum atomic E-state index is 6.61. The number of aryl methyl sites for hydroxylation is 3. The monoisotopic (exact) mass is 614 g/mol. The Kier molecular flexibility index (Phi) is 6.98. The zero-order valence-electron chi connectivity index (χ0n) is 27.5. The van der Waals surface area contributed by atoms with Crippen LogP contribution in [0.2, 0.25) is 0 Å². The number of allylic oxidation sites excluding steroid dienone is 2. The minimum Gasteiger partial charge on any atom is -0.457 e. The van der Waals surface area contributed by atoms with Crippen LogP contribution in [-0.4, -0.2) is 20.6 Å². The second-order valence-electron chi connectivity index (χ2n) is 13.0. The first-order chi connectivity index (χ1) is 22.9. The fraction of sp³-hybridized carbons (Fsp3) is 0.167. The van der Waals surface area contributed by atoms with Crippen molar-refractivity contribution in [3.63, 3.8) is 0 Å². The molecule has 1 atom stereocenters. The number of ether oxygens (including phenoxy) is 1. The average Bonchev–Trinajstić information content (AvgIpc) is 3.60. The molecule has 6 aromatic rings. The Morgan fingerprint density at radius 3 is 2.34 bits per heavy atom. The van der Waals surface area contributed by atoms with E-state index < -0.39 is 0 Å². The highest BCUT2D eigenvalue weighted by molar-refractivity contribution is 6.09. The molecule has 0 radical (unpaired) electrons. The molecular weight excluding hydrogens is 576 g/mol. The number of aromatic nitrogens is 2. The Hall–Kier alpha value is -5.55. The Bertz CT molecular complexity index is 2250. The number of hydrogen-bond acceptors (Lipinski definition) is 4. The van der Waals surface area contributed by atoms with Gasteiger partial charge in [-0.2, -0.15) is 0 Å². The van der Waals surface area contributed by atoms with Gasteiger partial charge >= 0.3 is 0 Å². The van der Waals surface area contributed by atoms with Gasteiger partial charge in [0, 0.05) is 46.7 Å². The van der Waals surface area contributed by atoms with E-state index in [9.17, 15) is 0 Å². The van der Waals surface area contributed by atoms with Crippen molar-refractivity contribution in [1.82, 2.24) is 14.5 Å². The van der Waals surface area contributed by atoms with Crippen LogP contribution in [0.1, 0.15) is 47.6 Å². The smallest absolute Gasteiger partial charge is 0.137 e. The second-order valence-corrected chi connectivity index (χ2v) is 13.0. The molecule has 5 nitrogen and oxygen atoms in total. The molecule has 0 saturated heterocycles. The molecule has 0 bridgehead atoms. The van der Waals surface area contributed by atoms with Crippen molar-refractivity contribution in [2.24, 2.45) is 0 Å². The molecule has 47 heavy (non-hydrogen) atoms. The molecule has 0 saturated carbocycles. The van der Waals surface area contributed by atoms with Gasteiger partial charge < -0.3 is 14.5 Å². The van der Waals surface area contributed by atoms with Crippen molar-refractivity contribution in [1.29, 1.82) is 0 Å². The van der Waals surface area contributed by atoms with E-state index >= 15 is 0 Å². The number of rotatable bonds is 6. The van der Waals surface area contributed by atoms with Crippen molar-refractivity contribution in [3.8, 4) is 17.3 Å². The van der Waals surface area contributed by atoms with Crippen LogP contribution in [0.25, 0.3) is 33.3 Å². The van der Waals surface area contributed by atoms with Gasteiger partial charge in [0.1, 0.15) is 23.5 Å². The Balaban J connectivity index is 1.18. The highest BCUT2D eigenvalue weighted by atomic mass is 16.5. The molecule has 0 N–H and O–H groups in total. The van der Waals surface area contributed by atoms with Crippen LogP contribution >= 0.6 is 0 Å². The first kappa shape index (κ1) is 28.9. The molecule has 2 aliphatic heterocycles. The molecule has 1 unspecified atom stereocenters. The fourth-order valence-electron chi connectivity index (χ4n) is 7.24. The zero-order valence-corrected chi connectivity index (χ0v) is 27.5. The molecule has 0 amide bonds. The summed E-state index contributed by atoms with van der Waals surface area (Å²) in [6, 6.07) is 32.1. The maximum absolute atomic E-state index is 6.61. The number of benzene rings is 4. The van der Waals surface area contributed by atoms with Gasteiger partial charge in [-0.05, 0) is 98.0 Å². The maximum Gasteiger partial charge on any atom is 0.137 e. The topological polar surface area (TPSA) is 33.5 Å². The number of hydrogen-bond donors (Lipinski definition) is 0. The molecule has 2 aliphatic rings. The van der Waals surface area contributed by atoms with Gasteiger partial charge in [0.25, 0.3) is 0 Å². The third-order valence-corrected chi connectivity index (χ3v) is 9.32. The second kappa shape index (κ2) is 11.4. The summed E-state index contributed by atoms with van der Waals surface area (Å²) >= 11 is 0. The summed E-state index contributed by atoms with van der Waals surface area (Å²) in [7, 11) is 0. The molecule has 0 fully saturated rings. The van der Waals surface area contributed by atoms with Crippen molar-refractivity contribution < 1.29 is 4.74 Å². The quantitative estimate of drug-likeness (QED) is 0.187. The van der Waals surface area contributed by atoms with E-state index in [1.54, 1.807) is 0 Å². The SMILES string of the molecule is Cc1cc(C)c(N2C=C(c3cccc(Oc4ccc5c6ccccc6n(-c6cc(C(C)C)ccn6)c5c4)c3)N3C=CC=CC32)c(C)c1. The lowest BCUT2D eigenvalue weighted by molar-refractivity contribution is 0.469. The van der Waals surface area contributed by atoms with Crippen LogP contribution < -0.4 is 9.64 Å². The van der Waals surface area contributed by atoms with E-state index in [1.807, 2.05) is 12.3 Å². The molecule has 4 heterocycles. The fourth-order valence-corrected chi connectivity index (χ4v) is 7.24. The van der Waals surface area contributed by atoms with Gasteiger partial charge in [-0.3, -0.25) is 4.57 Å². The summed E-state index contributed by atoms with van der Waals surface area (Å²) < 4.78 is 8.86. The molecule has 0 spiro atoms. The van der Waals surface area contributed by atoms with Gasteiger partial charge in [0.2, 0.25) is 0 Å². The van der Waals surface area contributed by atoms with Gasteiger partial charge in [0.15, 0.2) is 0 Å². The lowest BCUT2D eigenvalue weighted by Crippen LogP contribution is -2.36. The van der Waals surface area contributed by atoms with E-state index in [2.05, 4.69) is 165 Å². The van der Waals surface area contributed by atoms with E-state index in [-0.39, 0.29) is 6.17 Å². The lowest BCUT2D eigenvalue weighted by atomic mass is 10.0. The van der Waals surface area contributed by atoms with Gasteiger partial charge in [-0.15, -0.1) is 0 Å².